The third kappa shape index (κ3) is 3.49. The van der Waals surface area contributed by atoms with Crippen LogP contribution in [0.1, 0.15) is 70.0 Å². The van der Waals surface area contributed by atoms with Crippen LogP contribution in [0.5, 0.6) is 0 Å². The maximum Gasteiger partial charge on any atom is 0.0762 e. The van der Waals surface area contributed by atoms with E-state index in [2.05, 4.69) is 29.2 Å². The molecule has 0 aliphatic heterocycles. The van der Waals surface area contributed by atoms with Crippen molar-refractivity contribution in [3.05, 3.63) is 18.0 Å². The van der Waals surface area contributed by atoms with Gasteiger partial charge in [-0.1, -0.05) is 32.6 Å². The van der Waals surface area contributed by atoms with Gasteiger partial charge in [-0.05, 0) is 37.7 Å². The van der Waals surface area contributed by atoms with Crippen molar-refractivity contribution in [3.63, 3.8) is 0 Å². The molecule has 2 aliphatic rings. The van der Waals surface area contributed by atoms with Gasteiger partial charge in [0, 0.05) is 18.3 Å². The van der Waals surface area contributed by atoms with Crippen LogP contribution in [-0.4, -0.2) is 27.0 Å². The van der Waals surface area contributed by atoms with Gasteiger partial charge < -0.3 is 10.4 Å². The van der Waals surface area contributed by atoms with Crippen LogP contribution in [-0.2, 0) is 6.54 Å². The minimum atomic E-state index is -0.0885. The summed E-state index contributed by atoms with van der Waals surface area (Å²) in [6.07, 6.45) is 12.0. The number of hydrogen-bond acceptors (Lipinski definition) is 3. The first-order chi connectivity index (χ1) is 10.2. The van der Waals surface area contributed by atoms with Crippen molar-refractivity contribution in [2.75, 3.05) is 6.61 Å². The molecule has 0 aromatic carbocycles. The second kappa shape index (κ2) is 6.49. The number of aromatic nitrogens is 2. The number of aliphatic hydroxyl groups excluding tert-OH is 1. The number of aliphatic hydroxyl groups is 1. The van der Waals surface area contributed by atoms with E-state index >= 15 is 0 Å². The number of hydrogen-bond donors (Lipinski definition) is 2. The lowest BCUT2D eigenvalue weighted by Crippen LogP contribution is -2.51. The van der Waals surface area contributed by atoms with Gasteiger partial charge in [-0.3, -0.25) is 4.68 Å². The highest BCUT2D eigenvalue weighted by atomic mass is 16.3. The fourth-order valence-electron chi connectivity index (χ4n) is 4.14. The van der Waals surface area contributed by atoms with Crippen molar-refractivity contribution < 1.29 is 5.11 Å². The molecule has 3 rings (SSSR count). The molecule has 2 unspecified atom stereocenters. The van der Waals surface area contributed by atoms with Gasteiger partial charge in [-0.15, -0.1) is 0 Å². The molecule has 0 radical (unpaired) electrons. The molecule has 0 spiro atoms. The SMILES string of the molecule is CC1CCCC(CO)(NCc2ccn(C3CCCC3)n2)C1. The zero-order chi connectivity index (χ0) is 14.7. The minimum Gasteiger partial charge on any atom is -0.394 e. The summed E-state index contributed by atoms with van der Waals surface area (Å²) in [6.45, 7) is 3.30. The van der Waals surface area contributed by atoms with Gasteiger partial charge in [0.2, 0.25) is 0 Å². The molecule has 118 valence electrons. The molecular formula is C17H29N3O. The number of nitrogens with one attached hydrogen (secondary N) is 1. The first-order valence-corrected chi connectivity index (χ1v) is 8.61. The third-order valence-electron chi connectivity index (χ3n) is 5.40. The second-order valence-electron chi connectivity index (χ2n) is 7.22. The fraction of sp³-hybridized carbons (Fsp3) is 0.824. The average Bonchev–Trinajstić information content (AvgIpc) is 3.16. The lowest BCUT2D eigenvalue weighted by Gasteiger charge is -2.39. The number of rotatable bonds is 5. The van der Waals surface area contributed by atoms with Crippen molar-refractivity contribution in [1.29, 1.82) is 0 Å². The zero-order valence-electron chi connectivity index (χ0n) is 13.2. The summed E-state index contributed by atoms with van der Waals surface area (Å²) in [5.41, 5.74) is 1.02. The van der Waals surface area contributed by atoms with Crippen LogP contribution in [0.3, 0.4) is 0 Å². The molecule has 4 nitrogen and oxygen atoms in total. The Hall–Kier alpha value is -0.870. The van der Waals surface area contributed by atoms with Crippen LogP contribution in [0.15, 0.2) is 12.3 Å². The Balaban J connectivity index is 1.58. The highest BCUT2D eigenvalue weighted by Gasteiger charge is 2.33. The molecule has 0 amide bonds. The largest absolute Gasteiger partial charge is 0.394 e. The molecule has 0 bridgehead atoms. The summed E-state index contributed by atoms with van der Waals surface area (Å²) in [5.74, 6) is 0.703. The van der Waals surface area contributed by atoms with Gasteiger partial charge in [0.25, 0.3) is 0 Å². The molecule has 2 saturated carbocycles. The van der Waals surface area contributed by atoms with Gasteiger partial charge in [0.15, 0.2) is 0 Å². The third-order valence-corrected chi connectivity index (χ3v) is 5.40. The summed E-state index contributed by atoms with van der Waals surface area (Å²) in [7, 11) is 0. The molecule has 2 atom stereocenters. The Morgan fingerprint density at radius 2 is 2.14 bits per heavy atom. The molecular weight excluding hydrogens is 262 g/mol. The highest BCUT2D eigenvalue weighted by Crippen LogP contribution is 2.32. The molecule has 2 aliphatic carbocycles. The van der Waals surface area contributed by atoms with Crippen molar-refractivity contribution in [2.24, 2.45) is 5.92 Å². The summed E-state index contributed by atoms with van der Waals surface area (Å²) in [6, 6.07) is 2.74. The van der Waals surface area contributed by atoms with E-state index in [1.54, 1.807) is 0 Å². The van der Waals surface area contributed by atoms with Crippen LogP contribution in [0.4, 0.5) is 0 Å². The summed E-state index contributed by atoms with van der Waals surface area (Å²) < 4.78 is 2.15. The van der Waals surface area contributed by atoms with Gasteiger partial charge in [0.05, 0.1) is 18.3 Å². The summed E-state index contributed by atoms with van der Waals surface area (Å²) in [4.78, 5) is 0. The van der Waals surface area contributed by atoms with Crippen LogP contribution in [0.2, 0.25) is 0 Å². The maximum atomic E-state index is 9.83. The molecule has 0 saturated heterocycles. The average molecular weight is 291 g/mol. The minimum absolute atomic E-state index is 0.0885. The van der Waals surface area contributed by atoms with Crippen molar-refractivity contribution in [1.82, 2.24) is 15.1 Å². The first-order valence-electron chi connectivity index (χ1n) is 8.61. The molecule has 4 heteroatoms. The van der Waals surface area contributed by atoms with Crippen molar-refractivity contribution >= 4 is 0 Å². The Labute approximate surface area is 127 Å². The summed E-state index contributed by atoms with van der Waals surface area (Å²) >= 11 is 0. The van der Waals surface area contributed by atoms with E-state index < -0.39 is 0 Å². The molecule has 1 aromatic rings. The predicted molar refractivity (Wildman–Crippen MR) is 84.0 cm³/mol. The fourth-order valence-corrected chi connectivity index (χ4v) is 4.14. The molecule has 2 N–H and O–H groups in total. The first kappa shape index (κ1) is 15.0. The Kier molecular flexibility index (Phi) is 4.65. The summed E-state index contributed by atoms with van der Waals surface area (Å²) in [5, 5.41) is 18.2. The van der Waals surface area contributed by atoms with Crippen LogP contribution in [0, 0.1) is 5.92 Å². The quantitative estimate of drug-likeness (QED) is 0.876. The van der Waals surface area contributed by atoms with Crippen LogP contribution in [0.25, 0.3) is 0 Å². The lowest BCUT2D eigenvalue weighted by molar-refractivity contribution is 0.0978. The van der Waals surface area contributed by atoms with E-state index in [4.69, 9.17) is 5.10 Å². The van der Waals surface area contributed by atoms with Crippen LogP contribution >= 0.6 is 0 Å². The maximum absolute atomic E-state index is 9.83. The molecule has 1 heterocycles. The molecule has 21 heavy (non-hydrogen) atoms. The predicted octanol–water partition coefficient (Wildman–Crippen LogP) is 3.03. The van der Waals surface area contributed by atoms with Gasteiger partial charge in [-0.2, -0.15) is 5.10 Å². The standard InChI is InChI=1S/C17H29N3O/c1-14-5-4-9-17(11-14,13-21)18-12-15-8-10-20(19-15)16-6-2-3-7-16/h8,10,14,16,18,21H,2-7,9,11-13H2,1H3. The monoisotopic (exact) mass is 291 g/mol. The van der Waals surface area contributed by atoms with E-state index in [1.807, 2.05) is 0 Å². The molecule has 2 fully saturated rings. The Bertz CT molecular complexity index is 453. The Morgan fingerprint density at radius 3 is 2.86 bits per heavy atom. The van der Waals surface area contributed by atoms with Gasteiger partial charge in [0.1, 0.15) is 0 Å². The van der Waals surface area contributed by atoms with Gasteiger partial charge in [-0.25, -0.2) is 0 Å². The highest BCUT2D eigenvalue weighted by molar-refractivity contribution is 5.02. The zero-order valence-corrected chi connectivity index (χ0v) is 13.2. The van der Waals surface area contributed by atoms with E-state index in [-0.39, 0.29) is 12.1 Å². The van der Waals surface area contributed by atoms with E-state index in [9.17, 15) is 5.11 Å². The smallest absolute Gasteiger partial charge is 0.0762 e. The van der Waals surface area contributed by atoms with Crippen molar-refractivity contribution in [3.8, 4) is 0 Å². The van der Waals surface area contributed by atoms with E-state index in [1.165, 1.54) is 38.5 Å². The normalized spacial score (nSPS) is 30.9. The number of nitrogens with zero attached hydrogens (tertiary/aromatic N) is 2. The Morgan fingerprint density at radius 1 is 1.33 bits per heavy atom. The van der Waals surface area contributed by atoms with Crippen LogP contribution < -0.4 is 5.32 Å². The molecule has 1 aromatic heterocycles. The van der Waals surface area contributed by atoms with E-state index in [0.717, 1.165) is 25.1 Å². The second-order valence-corrected chi connectivity index (χ2v) is 7.22. The lowest BCUT2D eigenvalue weighted by atomic mass is 9.77. The van der Waals surface area contributed by atoms with Gasteiger partial charge >= 0.3 is 0 Å². The topological polar surface area (TPSA) is 50.1 Å². The van der Waals surface area contributed by atoms with Crippen molar-refractivity contribution in [2.45, 2.75) is 76.4 Å². The van der Waals surface area contributed by atoms with E-state index in [0.29, 0.717) is 12.0 Å².